The van der Waals surface area contributed by atoms with E-state index in [0.717, 1.165) is 25.1 Å². The standard InChI is InChI=1S/C20H23N3O3/c24-19(22-16-7-2-1-3-8-16)14-26-18-10-4-9-17(12-18)23-20(25)15-6-5-11-21-13-15/h1-4,7-10,12,15,21H,5-6,11,13-14H2,(H,22,24)(H,23,25). The highest BCUT2D eigenvalue weighted by Crippen LogP contribution is 2.19. The van der Waals surface area contributed by atoms with E-state index in [0.29, 0.717) is 18.0 Å². The van der Waals surface area contributed by atoms with Gasteiger partial charge in [0.2, 0.25) is 5.91 Å². The van der Waals surface area contributed by atoms with E-state index in [2.05, 4.69) is 16.0 Å². The van der Waals surface area contributed by atoms with Gasteiger partial charge in [0.15, 0.2) is 6.61 Å². The van der Waals surface area contributed by atoms with E-state index in [9.17, 15) is 9.59 Å². The summed E-state index contributed by atoms with van der Waals surface area (Å²) < 4.78 is 5.53. The van der Waals surface area contributed by atoms with Crippen molar-refractivity contribution in [3.63, 3.8) is 0 Å². The van der Waals surface area contributed by atoms with Crippen molar-refractivity contribution in [1.29, 1.82) is 0 Å². The lowest BCUT2D eigenvalue weighted by molar-refractivity contribution is -0.120. The summed E-state index contributed by atoms with van der Waals surface area (Å²) >= 11 is 0. The predicted octanol–water partition coefficient (Wildman–Crippen LogP) is 2.64. The molecule has 3 N–H and O–H groups in total. The first-order valence-electron chi connectivity index (χ1n) is 8.80. The Balaban J connectivity index is 1.50. The summed E-state index contributed by atoms with van der Waals surface area (Å²) in [5.41, 5.74) is 1.39. The predicted molar refractivity (Wildman–Crippen MR) is 101 cm³/mol. The molecule has 3 rings (SSSR count). The van der Waals surface area contributed by atoms with Gasteiger partial charge in [-0.25, -0.2) is 0 Å². The maximum absolute atomic E-state index is 12.3. The number of ether oxygens (including phenoxy) is 1. The van der Waals surface area contributed by atoms with Crippen molar-refractivity contribution in [3.8, 4) is 5.75 Å². The van der Waals surface area contributed by atoms with Crippen molar-refractivity contribution in [2.24, 2.45) is 5.92 Å². The largest absolute Gasteiger partial charge is 0.484 e. The molecule has 0 aliphatic carbocycles. The van der Waals surface area contributed by atoms with Gasteiger partial charge in [0.25, 0.3) is 5.91 Å². The minimum atomic E-state index is -0.237. The van der Waals surface area contributed by atoms with E-state index < -0.39 is 0 Å². The van der Waals surface area contributed by atoms with Gasteiger partial charge >= 0.3 is 0 Å². The number of anilines is 2. The van der Waals surface area contributed by atoms with E-state index in [1.54, 1.807) is 18.2 Å². The van der Waals surface area contributed by atoms with E-state index in [1.165, 1.54) is 0 Å². The van der Waals surface area contributed by atoms with Crippen molar-refractivity contribution in [3.05, 3.63) is 54.6 Å². The molecule has 1 saturated heterocycles. The number of hydrogen-bond acceptors (Lipinski definition) is 4. The van der Waals surface area contributed by atoms with Crippen molar-refractivity contribution >= 4 is 23.2 Å². The van der Waals surface area contributed by atoms with Gasteiger partial charge in [0, 0.05) is 24.0 Å². The third-order valence-electron chi connectivity index (χ3n) is 4.20. The van der Waals surface area contributed by atoms with Crippen LogP contribution in [-0.4, -0.2) is 31.5 Å². The molecule has 0 saturated carbocycles. The molecule has 0 aromatic heterocycles. The zero-order chi connectivity index (χ0) is 18.2. The molecule has 1 unspecified atom stereocenters. The van der Waals surface area contributed by atoms with Crippen molar-refractivity contribution in [2.45, 2.75) is 12.8 Å². The molecular formula is C20H23N3O3. The fourth-order valence-corrected chi connectivity index (χ4v) is 2.85. The number of hydrogen-bond donors (Lipinski definition) is 3. The molecule has 26 heavy (non-hydrogen) atoms. The van der Waals surface area contributed by atoms with Crippen LogP contribution in [0.2, 0.25) is 0 Å². The highest BCUT2D eigenvalue weighted by molar-refractivity contribution is 5.93. The van der Waals surface area contributed by atoms with Crippen LogP contribution in [0.25, 0.3) is 0 Å². The Kier molecular flexibility index (Phi) is 6.22. The molecule has 136 valence electrons. The Labute approximate surface area is 152 Å². The highest BCUT2D eigenvalue weighted by atomic mass is 16.5. The molecule has 1 fully saturated rings. The second kappa shape index (κ2) is 9.01. The smallest absolute Gasteiger partial charge is 0.262 e. The number of rotatable bonds is 6. The van der Waals surface area contributed by atoms with Crippen LogP contribution in [0.5, 0.6) is 5.75 Å². The molecule has 0 radical (unpaired) electrons. The monoisotopic (exact) mass is 353 g/mol. The van der Waals surface area contributed by atoms with Crippen LogP contribution in [0.3, 0.4) is 0 Å². The van der Waals surface area contributed by atoms with Gasteiger partial charge < -0.3 is 20.7 Å². The third-order valence-corrected chi connectivity index (χ3v) is 4.20. The Bertz CT molecular complexity index is 743. The molecule has 1 atom stereocenters. The first kappa shape index (κ1) is 17.9. The van der Waals surface area contributed by atoms with Gasteiger partial charge in [0.05, 0.1) is 5.92 Å². The number of amides is 2. The second-order valence-corrected chi connectivity index (χ2v) is 6.26. The Morgan fingerprint density at radius 3 is 2.62 bits per heavy atom. The highest BCUT2D eigenvalue weighted by Gasteiger charge is 2.20. The molecule has 1 aliphatic rings. The molecule has 6 nitrogen and oxygen atoms in total. The van der Waals surface area contributed by atoms with Crippen molar-refractivity contribution in [1.82, 2.24) is 5.32 Å². The van der Waals surface area contributed by atoms with Crippen LogP contribution in [0, 0.1) is 5.92 Å². The topological polar surface area (TPSA) is 79.5 Å². The molecule has 0 bridgehead atoms. The quantitative estimate of drug-likeness (QED) is 0.746. The summed E-state index contributed by atoms with van der Waals surface area (Å²) in [6.45, 7) is 1.58. The Hall–Kier alpha value is -2.86. The molecule has 2 aromatic rings. The Morgan fingerprint density at radius 2 is 1.85 bits per heavy atom. The average Bonchev–Trinajstić information content (AvgIpc) is 2.68. The summed E-state index contributed by atoms with van der Waals surface area (Å²) in [6.07, 6.45) is 1.91. The van der Waals surface area contributed by atoms with Crippen molar-refractivity contribution < 1.29 is 14.3 Å². The molecule has 2 aromatic carbocycles. The minimum Gasteiger partial charge on any atom is -0.484 e. The van der Waals surface area contributed by atoms with E-state index in [-0.39, 0.29) is 24.3 Å². The lowest BCUT2D eigenvalue weighted by atomic mass is 9.99. The molecule has 0 spiro atoms. The fourth-order valence-electron chi connectivity index (χ4n) is 2.85. The van der Waals surface area contributed by atoms with E-state index in [4.69, 9.17) is 4.74 Å². The number of para-hydroxylation sites is 1. The van der Waals surface area contributed by atoms with Crippen LogP contribution in [0.15, 0.2) is 54.6 Å². The SMILES string of the molecule is O=C(COc1cccc(NC(=O)C2CCCNC2)c1)Nc1ccccc1. The molecule has 1 heterocycles. The van der Waals surface area contributed by atoms with Crippen molar-refractivity contribution in [2.75, 3.05) is 30.3 Å². The Morgan fingerprint density at radius 1 is 1.04 bits per heavy atom. The number of nitrogens with one attached hydrogen (secondary N) is 3. The summed E-state index contributed by atoms with van der Waals surface area (Å²) in [5, 5.41) is 8.92. The van der Waals surface area contributed by atoms with Crippen LogP contribution in [0.1, 0.15) is 12.8 Å². The van der Waals surface area contributed by atoms with Crippen LogP contribution >= 0.6 is 0 Å². The summed E-state index contributed by atoms with van der Waals surface area (Å²) in [5.74, 6) is 0.299. The second-order valence-electron chi connectivity index (χ2n) is 6.26. The average molecular weight is 353 g/mol. The maximum atomic E-state index is 12.3. The first-order valence-corrected chi connectivity index (χ1v) is 8.80. The first-order chi connectivity index (χ1) is 12.7. The summed E-state index contributed by atoms with van der Waals surface area (Å²) in [7, 11) is 0. The van der Waals surface area contributed by atoms with Gasteiger partial charge in [-0.05, 0) is 43.7 Å². The number of carbonyl (C=O) groups is 2. The van der Waals surface area contributed by atoms with Gasteiger partial charge in [-0.3, -0.25) is 9.59 Å². The molecular weight excluding hydrogens is 330 g/mol. The number of carbonyl (C=O) groups excluding carboxylic acids is 2. The summed E-state index contributed by atoms with van der Waals surface area (Å²) in [4.78, 5) is 24.2. The number of benzene rings is 2. The fraction of sp³-hybridized carbons (Fsp3) is 0.300. The van der Waals surface area contributed by atoms with E-state index >= 15 is 0 Å². The maximum Gasteiger partial charge on any atom is 0.262 e. The third kappa shape index (κ3) is 5.32. The molecule has 2 amide bonds. The van der Waals surface area contributed by atoms with Crippen LogP contribution in [-0.2, 0) is 9.59 Å². The lowest BCUT2D eigenvalue weighted by Gasteiger charge is -2.22. The zero-order valence-corrected chi connectivity index (χ0v) is 14.5. The van der Waals surface area contributed by atoms with Crippen LogP contribution < -0.4 is 20.7 Å². The minimum absolute atomic E-state index is 0.00928. The van der Waals surface area contributed by atoms with Crippen LogP contribution in [0.4, 0.5) is 11.4 Å². The van der Waals surface area contributed by atoms with Gasteiger partial charge in [-0.2, -0.15) is 0 Å². The van der Waals surface area contributed by atoms with E-state index in [1.807, 2.05) is 36.4 Å². The van der Waals surface area contributed by atoms with Gasteiger partial charge in [-0.15, -0.1) is 0 Å². The van der Waals surface area contributed by atoms with Gasteiger partial charge in [0.1, 0.15) is 5.75 Å². The zero-order valence-electron chi connectivity index (χ0n) is 14.5. The molecule has 6 heteroatoms. The lowest BCUT2D eigenvalue weighted by Crippen LogP contribution is -2.37. The van der Waals surface area contributed by atoms with Gasteiger partial charge in [-0.1, -0.05) is 24.3 Å². The summed E-state index contributed by atoms with van der Waals surface area (Å²) in [6, 6.07) is 16.3. The number of piperidine rings is 1. The molecule has 1 aliphatic heterocycles. The normalized spacial score (nSPS) is 16.5.